The average Bonchev–Trinajstić information content (AvgIpc) is 3.58. The van der Waals surface area contributed by atoms with Crippen molar-refractivity contribution >= 4 is 39.8 Å². The first kappa shape index (κ1) is 23.3. The van der Waals surface area contributed by atoms with Crippen molar-refractivity contribution in [2.45, 2.75) is 6.54 Å². The number of benzene rings is 5. The SMILES string of the molecule is c1ccc2c(c1)CNc1c-2c2ccccc2n1-c1ccnc(-c2ccc(B3c4ccccc4-c4ccccc43)cc2)n1. The van der Waals surface area contributed by atoms with E-state index in [0.29, 0.717) is 5.82 Å². The van der Waals surface area contributed by atoms with Gasteiger partial charge >= 0.3 is 0 Å². The number of nitrogens with one attached hydrogen (secondary N) is 1. The molecule has 4 heterocycles. The lowest BCUT2D eigenvalue weighted by Gasteiger charge is -2.21. The number of hydrogen-bond acceptors (Lipinski definition) is 3. The van der Waals surface area contributed by atoms with Gasteiger partial charge in [-0.05, 0) is 34.4 Å². The molecule has 4 nitrogen and oxygen atoms in total. The van der Waals surface area contributed by atoms with Crippen LogP contribution in [0.4, 0.5) is 5.82 Å². The Morgan fingerprint density at radius 3 is 2.10 bits per heavy atom. The maximum Gasteiger partial charge on any atom is 0.242 e. The monoisotopic (exact) mass is 536 g/mol. The lowest BCUT2D eigenvalue weighted by atomic mass is 9.39. The van der Waals surface area contributed by atoms with E-state index in [1.165, 1.54) is 49.6 Å². The van der Waals surface area contributed by atoms with Gasteiger partial charge in [0.2, 0.25) is 6.71 Å². The molecule has 0 bridgehead atoms. The van der Waals surface area contributed by atoms with Crippen LogP contribution < -0.4 is 21.7 Å². The highest BCUT2D eigenvalue weighted by atomic mass is 15.2. The van der Waals surface area contributed by atoms with Crippen LogP contribution in [0.25, 0.3) is 50.4 Å². The van der Waals surface area contributed by atoms with Crippen molar-refractivity contribution in [2.75, 3.05) is 5.32 Å². The van der Waals surface area contributed by atoms with Crippen molar-refractivity contribution in [3.63, 3.8) is 0 Å². The first-order chi connectivity index (χ1) is 20.8. The highest BCUT2D eigenvalue weighted by Gasteiger charge is 2.32. The standard InChI is InChI=1S/C37H25BN4/c1-2-10-27-25(9-1)23-40-37-35(27)30-13-5-8-16-33(30)42(37)34-21-22-39-36(41-34)24-17-19-26(20-18-24)38-31-14-6-3-11-28(31)29-12-4-7-15-32(29)38/h1-22,40H,23H2. The van der Waals surface area contributed by atoms with Crippen LogP contribution in [-0.4, -0.2) is 21.2 Å². The van der Waals surface area contributed by atoms with Gasteiger partial charge in [0.05, 0.1) is 5.52 Å². The Labute approximate surface area is 244 Å². The molecule has 196 valence electrons. The molecule has 0 aliphatic carbocycles. The van der Waals surface area contributed by atoms with Crippen molar-refractivity contribution in [1.29, 1.82) is 0 Å². The summed E-state index contributed by atoms with van der Waals surface area (Å²) in [4.78, 5) is 9.81. The van der Waals surface area contributed by atoms with Gasteiger partial charge in [-0.15, -0.1) is 0 Å². The zero-order chi connectivity index (χ0) is 27.6. The highest BCUT2D eigenvalue weighted by Crippen LogP contribution is 2.44. The molecule has 0 spiro atoms. The van der Waals surface area contributed by atoms with E-state index in [-0.39, 0.29) is 6.71 Å². The molecule has 0 saturated heterocycles. The molecule has 2 aliphatic heterocycles. The van der Waals surface area contributed by atoms with Gasteiger partial charge in [0, 0.05) is 29.3 Å². The van der Waals surface area contributed by atoms with E-state index in [2.05, 4.69) is 131 Å². The molecule has 2 aliphatic rings. The van der Waals surface area contributed by atoms with Crippen molar-refractivity contribution in [3.8, 4) is 39.5 Å². The van der Waals surface area contributed by atoms with Crippen LogP contribution in [0.15, 0.2) is 134 Å². The predicted molar refractivity (Wildman–Crippen MR) is 174 cm³/mol. The number of rotatable bonds is 3. The second kappa shape index (κ2) is 9.05. The van der Waals surface area contributed by atoms with Crippen LogP contribution in [0.5, 0.6) is 0 Å². The lowest BCUT2D eigenvalue weighted by Crippen LogP contribution is -2.48. The summed E-state index contributed by atoms with van der Waals surface area (Å²) >= 11 is 0. The summed E-state index contributed by atoms with van der Waals surface area (Å²) in [6.45, 7) is 1.01. The second-order valence-corrected chi connectivity index (χ2v) is 11.1. The highest BCUT2D eigenvalue weighted by molar-refractivity contribution is 6.99. The van der Waals surface area contributed by atoms with E-state index >= 15 is 0 Å². The predicted octanol–water partition coefficient (Wildman–Crippen LogP) is 6.18. The van der Waals surface area contributed by atoms with Crippen LogP contribution in [0.3, 0.4) is 0 Å². The normalized spacial score (nSPS) is 12.8. The van der Waals surface area contributed by atoms with Crippen molar-refractivity contribution in [1.82, 2.24) is 14.5 Å². The number of fused-ring (bicyclic) bond motifs is 8. The summed E-state index contributed by atoms with van der Waals surface area (Å²) < 4.78 is 2.24. The fourth-order valence-electron chi connectivity index (χ4n) is 6.97. The maximum atomic E-state index is 5.11. The van der Waals surface area contributed by atoms with Crippen LogP contribution in [0.1, 0.15) is 5.56 Å². The molecule has 0 amide bonds. The van der Waals surface area contributed by atoms with E-state index in [1.54, 1.807) is 0 Å². The summed E-state index contributed by atoms with van der Waals surface area (Å²) in [7, 11) is 0. The first-order valence-electron chi connectivity index (χ1n) is 14.4. The number of para-hydroxylation sites is 1. The van der Waals surface area contributed by atoms with Gasteiger partial charge in [-0.1, -0.05) is 132 Å². The Kier molecular flexibility index (Phi) is 5.02. The van der Waals surface area contributed by atoms with Crippen LogP contribution in [0.2, 0.25) is 0 Å². The molecule has 7 aromatic rings. The smallest absolute Gasteiger partial charge is 0.242 e. The summed E-state index contributed by atoms with van der Waals surface area (Å²) in [6.07, 6.45) is 1.87. The van der Waals surface area contributed by atoms with Crippen molar-refractivity contribution < 1.29 is 0 Å². The van der Waals surface area contributed by atoms with Crippen LogP contribution >= 0.6 is 0 Å². The third-order valence-corrected chi connectivity index (χ3v) is 8.81. The molecule has 1 N–H and O–H groups in total. The fourth-order valence-corrected chi connectivity index (χ4v) is 6.97. The third kappa shape index (κ3) is 3.37. The third-order valence-electron chi connectivity index (χ3n) is 8.81. The molecule has 0 saturated carbocycles. The Morgan fingerprint density at radius 1 is 0.643 bits per heavy atom. The molecule has 5 heteroatoms. The van der Waals surface area contributed by atoms with Gasteiger partial charge in [-0.3, -0.25) is 4.57 Å². The minimum absolute atomic E-state index is 0.227. The molecular weight excluding hydrogens is 511 g/mol. The fraction of sp³-hybridized carbons (Fsp3) is 0.0270. The minimum atomic E-state index is 0.227. The second-order valence-electron chi connectivity index (χ2n) is 11.1. The molecule has 2 aromatic heterocycles. The summed E-state index contributed by atoms with van der Waals surface area (Å²) in [5, 5.41) is 4.91. The van der Waals surface area contributed by atoms with Gasteiger partial charge in [0.1, 0.15) is 11.6 Å². The van der Waals surface area contributed by atoms with Gasteiger partial charge in [-0.25, -0.2) is 9.97 Å². The van der Waals surface area contributed by atoms with Gasteiger partial charge in [0.25, 0.3) is 0 Å². The summed E-state index contributed by atoms with van der Waals surface area (Å²) in [6, 6.07) is 45.6. The molecule has 5 aromatic carbocycles. The van der Waals surface area contributed by atoms with Crippen LogP contribution in [0, 0.1) is 0 Å². The van der Waals surface area contributed by atoms with Crippen molar-refractivity contribution in [3.05, 3.63) is 139 Å². The number of nitrogens with zero attached hydrogens (tertiary/aromatic N) is 3. The Hall–Kier alpha value is -5.42. The maximum absolute atomic E-state index is 5.11. The summed E-state index contributed by atoms with van der Waals surface area (Å²) in [5.74, 6) is 2.65. The number of anilines is 1. The van der Waals surface area contributed by atoms with E-state index in [9.17, 15) is 0 Å². The Balaban J connectivity index is 1.13. The lowest BCUT2D eigenvalue weighted by molar-refractivity contribution is 0.988. The van der Waals surface area contributed by atoms with Crippen molar-refractivity contribution in [2.24, 2.45) is 0 Å². The minimum Gasteiger partial charge on any atom is -0.366 e. The molecular formula is C37H25BN4. The first-order valence-corrected chi connectivity index (χ1v) is 14.4. The molecule has 9 rings (SSSR count). The Bertz CT molecular complexity index is 2120. The molecule has 42 heavy (non-hydrogen) atoms. The van der Waals surface area contributed by atoms with Gasteiger partial charge in [-0.2, -0.15) is 0 Å². The van der Waals surface area contributed by atoms with E-state index in [1.807, 2.05) is 12.3 Å². The quantitative estimate of drug-likeness (QED) is 0.275. The van der Waals surface area contributed by atoms with Gasteiger partial charge < -0.3 is 5.32 Å². The van der Waals surface area contributed by atoms with E-state index in [0.717, 1.165) is 29.3 Å². The molecule has 0 atom stereocenters. The van der Waals surface area contributed by atoms with E-state index in [4.69, 9.17) is 9.97 Å². The molecule has 0 radical (unpaired) electrons. The largest absolute Gasteiger partial charge is 0.366 e. The van der Waals surface area contributed by atoms with E-state index < -0.39 is 0 Å². The van der Waals surface area contributed by atoms with Crippen LogP contribution in [-0.2, 0) is 6.54 Å². The topological polar surface area (TPSA) is 42.7 Å². The number of hydrogen-bond donors (Lipinski definition) is 1. The average molecular weight is 536 g/mol. The number of aromatic nitrogens is 3. The molecule has 0 unspecified atom stereocenters. The zero-order valence-electron chi connectivity index (χ0n) is 22.8. The van der Waals surface area contributed by atoms with Gasteiger partial charge in [0.15, 0.2) is 5.82 Å². The Morgan fingerprint density at radius 2 is 1.31 bits per heavy atom. The summed E-state index contributed by atoms with van der Waals surface area (Å²) in [5.41, 5.74) is 12.6. The molecule has 0 fully saturated rings. The zero-order valence-corrected chi connectivity index (χ0v) is 22.8.